The average molecular weight is 442 g/mol. The Bertz CT molecular complexity index is 512. The topological polar surface area (TPSA) is 157 Å². The van der Waals surface area contributed by atoms with Gasteiger partial charge in [-0.2, -0.15) is 0 Å². The lowest BCUT2D eigenvalue weighted by Gasteiger charge is -1.98. The second kappa shape index (κ2) is 34.6. The first-order chi connectivity index (χ1) is 14.8. The van der Waals surface area contributed by atoms with Crippen molar-refractivity contribution in [3.63, 3.8) is 0 Å². The minimum atomic E-state index is -0.693. The number of unbranched alkanes of at least 4 members (excludes halogenated alkanes) is 1. The Morgan fingerprint density at radius 2 is 1.68 bits per heavy atom. The fourth-order valence-corrected chi connectivity index (χ4v) is 1.51. The van der Waals surface area contributed by atoms with E-state index in [-0.39, 0.29) is 12.5 Å². The van der Waals surface area contributed by atoms with Gasteiger partial charge in [0, 0.05) is 13.0 Å². The van der Waals surface area contributed by atoms with E-state index in [1.165, 1.54) is 12.0 Å². The second-order valence-corrected chi connectivity index (χ2v) is 5.87. The highest BCUT2D eigenvalue weighted by Crippen LogP contribution is 1.92. The molecule has 1 rings (SSSR count). The van der Waals surface area contributed by atoms with Gasteiger partial charge in [0.05, 0.1) is 12.9 Å². The van der Waals surface area contributed by atoms with Crippen LogP contribution in [0.1, 0.15) is 52.0 Å². The monoisotopic (exact) mass is 441 g/mol. The zero-order chi connectivity index (χ0) is 24.8. The summed E-state index contributed by atoms with van der Waals surface area (Å²) < 4.78 is 0. The summed E-state index contributed by atoms with van der Waals surface area (Å²) in [5.74, 6) is -0.855. The summed E-state index contributed by atoms with van der Waals surface area (Å²) in [5.41, 5.74) is 5.71. The van der Waals surface area contributed by atoms with Gasteiger partial charge in [-0.25, -0.2) is 0 Å². The molecule has 0 spiro atoms. The second-order valence-electron chi connectivity index (χ2n) is 5.87. The molecule has 0 aromatic heterocycles. The van der Waals surface area contributed by atoms with Crippen molar-refractivity contribution in [1.82, 2.24) is 16.0 Å². The van der Waals surface area contributed by atoms with Crippen LogP contribution in [0.3, 0.4) is 0 Å². The molecule has 0 unspecified atom stereocenters. The van der Waals surface area contributed by atoms with Gasteiger partial charge in [-0.3, -0.25) is 19.8 Å². The smallest absolute Gasteiger partial charge is 0.303 e. The Morgan fingerprint density at radius 3 is 1.90 bits per heavy atom. The lowest BCUT2D eigenvalue weighted by Crippen LogP contribution is -2.32. The first-order valence-electron chi connectivity index (χ1n) is 10.3. The molecule has 0 bridgehead atoms. The molecule has 180 valence electrons. The van der Waals surface area contributed by atoms with E-state index < -0.39 is 5.97 Å². The van der Waals surface area contributed by atoms with Gasteiger partial charge in [-0.05, 0) is 40.3 Å². The highest BCUT2D eigenvalue weighted by Gasteiger charge is 1.93. The maximum Gasteiger partial charge on any atom is 0.303 e. The van der Waals surface area contributed by atoms with E-state index in [4.69, 9.17) is 10.5 Å². The summed E-state index contributed by atoms with van der Waals surface area (Å²) in [4.78, 5) is 29.9. The van der Waals surface area contributed by atoms with Crippen LogP contribution in [-0.2, 0) is 14.4 Å². The number of aryl methyl sites for hydroxylation is 1. The molecule has 0 atom stereocenters. The molecule has 9 nitrogen and oxygen atoms in total. The molecule has 2 amide bonds. The first-order valence-corrected chi connectivity index (χ1v) is 10.3. The van der Waals surface area contributed by atoms with Gasteiger partial charge < -0.3 is 26.8 Å². The molecule has 0 fully saturated rings. The third-order valence-corrected chi connectivity index (χ3v) is 2.90. The fourth-order valence-electron chi connectivity index (χ4n) is 1.51. The Labute approximate surface area is 187 Å². The van der Waals surface area contributed by atoms with Crippen LogP contribution in [0.5, 0.6) is 0 Å². The van der Waals surface area contributed by atoms with Gasteiger partial charge in [0.2, 0.25) is 12.3 Å². The predicted molar refractivity (Wildman–Crippen MR) is 128 cm³/mol. The number of benzene rings is 1. The maximum absolute atomic E-state index is 10.5. The molecule has 1 aromatic carbocycles. The summed E-state index contributed by atoms with van der Waals surface area (Å²) in [6, 6.07) is 10.3. The zero-order valence-corrected chi connectivity index (χ0v) is 19.7. The third kappa shape index (κ3) is 52.1. The molecule has 31 heavy (non-hydrogen) atoms. The van der Waals surface area contributed by atoms with Crippen LogP contribution in [-0.4, -0.2) is 56.4 Å². The lowest BCUT2D eigenvalue weighted by molar-refractivity contribution is -0.137. The largest absolute Gasteiger partial charge is 0.481 e. The Balaban J connectivity index is -0.000000153. The predicted octanol–water partition coefficient (Wildman–Crippen LogP) is 2.29. The molecule has 7 N–H and O–H groups in total. The van der Waals surface area contributed by atoms with Crippen LogP contribution in [0.25, 0.3) is 0 Å². The molecular weight excluding hydrogens is 398 g/mol. The SMILES string of the molecule is CCCCC(=O)O.CCCNC.CCNC(=O)CNC=O.Cc1ccccc1.N=CN. The van der Waals surface area contributed by atoms with Gasteiger partial charge in [0.25, 0.3) is 0 Å². The van der Waals surface area contributed by atoms with E-state index in [0.29, 0.717) is 19.4 Å². The quantitative estimate of drug-likeness (QED) is 0.196. The molecule has 0 saturated heterocycles. The number of likely N-dealkylation sites (N-methyl/N-ethyl adjacent to an activating group) is 1. The number of carbonyl (C=O) groups excluding carboxylic acids is 2. The number of hydrogen-bond donors (Lipinski definition) is 6. The van der Waals surface area contributed by atoms with E-state index in [9.17, 15) is 14.4 Å². The van der Waals surface area contributed by atoms with Crippen molar-refractivity contribution < 1.29 is 19.5 Å². The van der Waals surface area contributed by atoms with Crippen molar-refractivity contribution in [1.29, 1.82) is 5.41 Å². The van der Waals surface area contributed by atoms with Crippen LogP contribution in [0.4, 0.5) is 0 Å². The Kier molecular flexibility index (Phi) is 39.6. The van der Waals surface area contributed by atoms with E-state index in [2.05, 4.69) is 47.7 Å². The summed E-state index contributed by atoms with van der Waals surface area (Å²) >= 11 is 0. The highest BCUT2D eigenvalue weighted by molar-refractivity contribution is 5.79. The fraction of sp³-hybridized carbons (Fsp3) is 0.545. The number of carbonyl (C=O) groups is 3. The number of carboxylic acids is 1. The van der Waals surface area contributed by atoms with Crippen LogP contribution < -0.4 is 21.7 Å². The van der Waals surface area contributed by atoms with E-state index in [1.54, 1.807) is 0 Å². The number of amides is 2. The molecular formula is C22H43N5O4. The maximum atomic E-state index is 10.5. The number of carboxylic acid groups (broad SMARTS) is 1. The summed E-state index contributed by atoms with van der Waals surface area (Å²) in [5, 5.41) is 21.7. The minimum Gasteiger partial charge on any atom is -0.481 e. The number of rotatable bonds is 9. The number of hydrogen-bond acceptors (Lipinski definition) is 5. The average Bonchev–Trinajstić information content (AvgIpc) is 2.74. The van der Waals surface area contributed by atoms with Gasteiger partial charge in [-0.1, -0.05) is 56.2 Å². The van der Waals surface area contributed by atoms with Gasteiger partial charge in [0.1, 0.15) is 0 Å². The van der Waals surface area contributed by atoms with Crippen molar-refractivity contribution in [2.24, 2.45) is 5.73 Å². The molecule has 0 aliphatic heterocycles. The number of nitrogens with one attached hydrogen (secondary N) is 4. The molecule has 0 saturated carbocycles. The van der Waals surface area contributed by atoms with Crippen molar-refractivity contribution in [2.45, 2.75) is 53.4 Å². The van der Waals surface area contributed by atoms with E-state index >= 15 is 0 Å². The third-order valence-electron chi connectivity index (χ3n) is 2.90. The number of aliphatic carboxylic acids is 1. The van der Waals surface area contributed by atoms with Crippen molar-refractivity contribution in [3.05, 3.63) is 35.9 Å². The molecule has 0 radical (unpaired) electrons. The van der Waals surface area contributed by atoms with Crippen LogP contribution in [0.2, 0.25) is 0 Å². The van der Waals surface area contributed by atoms with Crippen molar-refractivity contribution in [3.8, 4) is 0 Å². The highest BCUT2D eigenvalue weighted by atomic mass is 16.4. The summed E-state index contributed by atoms with van der Waals surface area (Å²) in [6.07, 6.45) is 4.56. The van der Waals surface area contributed by atoms with E-state index in [1.807, 2.05) is 39.1 Å². The van der Waals surface area contributed by atoms with Crippen molar-refractivity contribution in [2.75, 3.05) is 26.7 Å². The Hall–Kier alpha value is -2.94. The van der Waals surface area contributed by atoms with Crippen molar-refractivity contribution >= 4 is 24.6 Å². The Morgan fingerprint density at radius 1 is 1.13 bits per heavy atom. The zero-order valence-electron chi connectivity index (χ0n) is 19.7. The minimum absolute atomic E-state index is 0.0668. The lowest BCUT2D eigenvalue weighted by atomic mass is 10.2. The normalized spacial score (nSPS) is 8.03. The van der Waals surface area contributed by atoms with E-state index in [0.717, 1.165) is 25.7 Å². The summed E-state index contributed by atoms with van der Waals surface area (Å²) in [7, 11) is 1.96. The van der Waals surface area contributed by atoms with Crippen LogP contribution in [0, 0.1) is 12.3 Å². The molecule has 1 aromatic rings. The molecule has 0 aliphatic carbocycles. The van der Waals surface area contributed by atoms with Crippen LogP contribution >= 0.6 is 0 Å². The molecule has 0 heterocycles. The van der Waals surface area contributed by atoms with Gasteiger partial charge in [0.15, 0.2) is 0 Å². The van der Waals surface area contributed by atoms with Gasteiger partial charge >= 0.3 is 5.97 Å². The van der Waals surface area contributed by atoms with Gasteiger partial charge in [-0.15, -0.1) is 0 Å². The molecule has 9 heteroatoms. The van der Waals surface area contributed by atoms with Crippen LogP contribution in [0.15, 0.2) is 30.3 Å². The summed E-state index contributed by atoms with van der Waals surface area (Å²) in [6.45, 7) is 9.83. The first kappa shape index (κ1) is 35.5. The molecule has 0 aliphatic rings. The number of nitrogens with two attached hydrogens (primary N) is 1. The standard InChI is InChI=1S/C7H8.C5H10N2O2.C5H10O2.C4H11N.CH4N2/c1-7-5-3-2-4-6-7;1-2-7-5(9)3-6-4-8;1-2-3-4-5(6)7;1-3-4-5-2;2-1-3/h2-6H,1H3;4H,2-3H2,1H3,(H,6,8)(H,7,9);2-4H2,1H3,(H,6,7);5H,3-4H2,1-2H3;1H,(H3,2,3).